The number of hydrogen-bond donors (Lipinski definition) is 2. The molecule has 10 heteroatoms. The van der Waals surface area contributed by atoms with Crippen molar-refractivity contribution in [2.24, 2.45) is 5.92 Å². The number of H-pyrrole nitrogens is 1. The van der Waals surface area contributed by atoms with Gasteiger partial charge in [-0.05, 0) is 37.6 Å². The summed E-state index contributed by atoms with van der Waals surface area (Å²) >= 11 is 0. The van der Waals surface area contributed by atoms with Gasteiger partial charge in [0.15, 0.2) is 0 Å². The summed E-state index contributed by atoms with van der Waals surface area (Å²) in [7, 11) is 0. The average Bonchev–Trinajstić information content (AvgIpc) is 3.33. The van der Waals surface area contributed by atoms with Crippen molar-refractivity contribution in [2.75, 3.05) is 19.6 Å². The quantitative estimate of drug-likeness (QED) is 0.700. The van der Waals surface area contributed by atoms with E-state index in [0.29, 0.717) is 5.52 Å². The molecule has 30 heavy (non-hydrogen) atoms. The molecular formula is C20H24F5N3O2. The lowest BCUT2D eigenvalue weighted by Gasteiger charge is -2.20. The van der Waals surface area contributed by atoms with E-state index in [2.05, 4.69) is 10.3 Å². The molecule has 0 spiro atoms. The standard InChI is InChI=1S/C18H18F5N3O2.C2H6/c1-17(19,20)12-4-5-26(9-12)15(27)8-24-16(28)14-7-10-6-11(18(21,22)23)2-3-13(10)25-14;1-2/h2-3,6-7,12,25H,4-5,8-9H2,1H3,(H,24,28);1-2H3. The normalized spacial score (nSPS) is 16.9. The number of aromatic nitrogens is 1. The minimum atomic E-state index is -4.50. The van der Waals surface area contributed by atoms with Gasteiger partial charge in [0.1, 0.15) is 5.69 Å². The van der Waals surface area contributed by atoms with E-state index < -0.39 is 35.4 Å². The second-order valence-corrected chi connectivity index (χ2v) is 6.95. The van der Waals surface area contributed by atoms with Gasteiger partial charge in [-0.15, -0.1) is 0 Å². The number of halogens is 5. The zero-order valence-electron chi connectivity index (χ0n) is 16.9. The van der Waals surface area contributed by atoms with Crippen molar-refractivity contribution in [3.05, 3.63) is 35.5 Å². The molecule has 0 aliphatic carbocycles. The number of likely N-dealkylation sites (tertiary alicyclic amines) is 1. The first-order valence-electron chi connectivity index (χ1n) is 9.59. The maximum atomic E-state index is 13.3. The van der Waals surface area contributed by atoms with Crippen LogP contribution in [0.2, 0.25) is 0 Å². The van der Waals surface area contributed by atoms with E-state index >= 15 is 0 Å². The molecule has 0 bridgehead atoms. The Hall–Kier alpha value is -2.65. The van der Waals surface area contributed by atoms with Gasteiger partial charge < -0.3 is 15.2 Å². The zero-order valence-corrected chi connectivity index (χ0v) is 16.9. The van der Waals surface area contributed by atoms with Gasteiger partial charge >= 0.3 is 6.18 Å². The van der Waals surface area contributed by atoms with Gasteiger partial charge in [0.2, 0.25) is 11.8 Å². The van der Waals surface area contributed by atoms with Crippen molar-refractivity contribution in [1.29, 1.82) is 0 Å². The Morgan fingerprint density at radius 2 is 1.83 bits per heavy atom. The first-order chi connectivity index (χ1) is 13.9. The van der Waals surface area contributed by atoms with E-state index in [0.717, 1.165) is 19.1 Å². The van der Waals surface area contributed by atoms with Crippen molar-refractivity contribution in [1.82, 2.24) is 15.2 Å². The van der Waals surface area contributed by atoms with Crippen molar-refractivity contribution >= 4 is 22.7 Å². The average molecular weight is 433 g/mol. The van der Waals surface area contributed by atoms with Gasteiger partial charge in [0, 0.05) is 29.9 Å². The third-order valence-electron chi connectivity index (χ3n) is 4.85. The second kappa shape index (κ2) is 9.01. The number of benzene rings is 1. The SMILES string of the molecule is CC.CC(F)(F)C1CCN(C(=O)CNC(=O)c2cc3cc(C(F)(F)F)ccc3[nH]2)C1. The van der Waals surface area contributed by atoms with Crippen LogP contribution in [0.3, 0.4) is 0 Å². The summed E-state index contributed by atoms with van der Waals surface area (Å²) in [5.41, 5.74) is -0.490. The summed E-state index contributed by atoms with van der Waals surface area (Å²) in [4.78, 5) is 28.3. The van der Waals surface area contributed by atoms with Crippen LogP contribution in [0, 0.1) is 5.92 Å². The fraction of sp³-hybridized carbons (Fsp3) is 0.500. The number of hydrogen-bond acceptors (Lipinski definition) is 2. The minimum absolute atomic E-state index is 0.00140. The molecular weight excluding hydrogens is 409 g/mol. The summed E-state index contributed by atoms with van der Waals surface area (Å²) in [6.07, 6.45) is -4.31. The predicted octanol–water partition coefficient (Wildman–Crippen LogP) is 4.45. The van der Waals surface area contributed by atoms with Crippen molar-refractivity contribution in [3.8, 4) is 0 Å². The number of aromatic amines is 1. The summed E-state index contributed by atoms with van der Waals surface area (Å²) < 4.78 is 64.9. The molecule has 1 aromatic carbocycles. The highest BCUT2D eigenvalue weighted by atomic mass is 19.4. The lowest BCUT2D eigenvalue weighted by molar-refractivity contribution is -0.137. The van der Waals surface area contributed by atoms with Crippen LogP contribution in [0.25, 0.3) is 10.9 Å². The molecule has 1 unspecified atom stereocenters. The van der Waals surface area contributed by atoms with Crippen LogP contribution in [0.15, 0.2) is 24.3 Å². The van der Waals surface area contributed by atoms with Crippen LogP contribution in [0.1, 0.15) is 43.2 Å². The number of rotatable bonds is 4. The van der Waals surface area contributed by atoms with E-state index in [1.54, 1.807) is 0 Å². The molecule has 1 atom stereocenters. The summed E-state index contributed by atoms with van der Waals surface area (Å²) in [5, 5.41) is 2.57. The number of fused-ring (bicyclic) bond motifs is 1. The maximum absolute atomic E-state index is 13.3. The van der Waals surface area contributed by atoms with Crippen molar-refractivity contribution in [3.63, 3.8) is 0 Å². The predicted molar refractivity (Wildman–Crippen MR) is 102 cm³/mol. The number of nitrogens with zero attached hydrogens (tertiary/aromatic N) is 1. The van der Waals surface area contributed by atoms with Crippen LogP contribution in [0.4, 0.5) is 22.0 Å². The van der Waals surface area contributed by atoms with Crippen LogP contribution >= 0.6 is 0 Å². The molecule has 0 radical (unpaired) electrons. The second-order valence-electron chi connectivity index (χ2n) is 6.95. The third kappa shape index (κ3) is 5.48. The molecule has 2 aromatic rings. The molecule has 2 amide bonds. The highest BCUT2D eigenvalue weighted by Gasteiger charge is 2.40. The number of carbonyl (C=O) groups is 2. The first-order valence-corrected chi connectivity index (χ1v) is 9.59. The summed E-state index contributed by atoms with van der Waals surface area (Å²) in [6.45, 7) is 4.54. The zero-order chi connectivity index (χ0) is 22.7. The summed E-state index contributed by atoms with van der Waals surface area (Å²) in [6, 6.07) is 4.30. The highest BCUT2D eigenvalue weighted by Crippen LogP contribution is 2.32. The Bertz CT molecular complexity index is 902. The Morgan fingerprint density at radius 1 is 1.17 bits per heavy atom. The van der Waals surface area contributed by atoms with E-state index in [4.69, 9.17) is 0 Å². The monoisotopic (exact) mass is 433 g/mol. The molecule has 1 aliphatic heterocycles. The molecule has 3 rings (SSSR count). The molecule has 5 nitrogen and oxygen atoms in total. The van der Waals surface area contributed by atoms with Gasteiger partial charge in [0.05, 0.1) is 12.1 Å². The van der Waals surface area contributed by atoms with Crippen molar-refractivity contribution in [2.45, 2.75) is 39.3 Å². The minimum Gasteiger partial charge on any atom is -0.351 e. The molecule has 2 heterocycles. The molecule has 1 fully saturated rings. The first kappa shape index (κ1) is 23.6. The van der Waals surface area contributed by atoms with E-state index in [-0.39, 0.29) is 37.1 Å². The van der Waals surface area contributed by atoms with Crippen LogP contribution < -0.4 is 5.32 Å². The fourth-order valence-electron chi connectivity index (χ4n) is 3.19. The highest BCUT2D eigenvalue weighted by molar-refractivity contribution is 5.99. The third-order valence-corrected chi connectivity index (χ3v) is 4.85. The van der Waals surface area contributed by atoms with Gasteiger partial charge in [0.25, 0.3) is 5.91 Å². The topological polar surface area (TPSA) is 65.2 Å². The Kier molecular flexibility index (Phi) is 7.10. The van der Waals surface area contributed by atoms with Gasteiger partial charge in [-0.25, -0.2) is 8.78 Å². The molecule has 1 aromatic heterocycles. The van der Waals surface area contributed by atoms with Crippen LogP contribution in [-0.2, 0) is 11.0 Å². The van der Waals surface area contributed by atoms with Gasteiger partial charge in [-0.1, -0.05) is 13.8 Å². The smallest absolute Gasteiger partial charge is 0.351 e. The Morgan fingerprint density at radius 3 is 2.40 bits per heavy atom. The molecule has 166 valence electrons. The van der Waals surface area contributed by atoms with Gasteiger partial charge in [-0.2, -0.15) is 13.2 Å². The van der Waals surface area contributed by atoms with Crippen LogP contribution in [-0.4, -0.2) is 47.3 Å². The van der Waals surface area contributed by atoms with E-state index in [1.165, 1.54) is 17.0 Å². The number of alkyl halides is 5. The molecule has 0 saturated carbocycles. The van der Waals surface area contributed by atoms with Crippen molar-refractivity contribution < 1.29 is 31.5 Å². The van der Waals surface area contributed by atoms with Gasteiger partial charge in [-0.3, -0.25) is 9.59 Å². The summed E-state index contributed by atoms with van der Waals surface area (Å²) in [5.74, 6) is -4.95. The molecule has 2 N–H and O–H groups in total. The largest absolute Gasteiger partial charge is 0.416 e. The fourth-order valence-corrected chi connectivity index (χ4v) is 3.19. The molecule has 1 saturated heterocycles. The van der Waals surface area contributed by atoms with Crippen LogP contribution in [0.5, 0.6) is 0 Å². The Balaban J connectivity index is 0.00000155. The number of nitrogens with one attached hydrogen (secondary N) is 2. The number of amides is 2. The maximum Gasteiger partial charge on any atom is 0.416 e. The van der Waals surface area contributed by atoms with E-state index in [1.807, 2.05) is 13.8 Å². The van der Waals surface area contributed by atoms with E-state index in [9.17, 15) is 31.5 Å². The molecule has 1 aliphatic rings. The number of carbonyl (C=O) groups excluding carboxylic acids is 2. The lowest BCUT2D eigenvalue weighted by Crippen LogP contribution is -2.40. The lowest BCUT2D eigenvalue weighted by atomic mass is 10.0. The Labute approximate surface area is 170 Å².